The van der Waals surface area contributed by atoms with E-state index in [4.69, 9.17) is 30.3 Å². The molecule has 0 atom stereocenters. The van der Waals surface area contributed by atoms with Gasteiger partial charge in [-0.2, -0.15) is 0 Å². The van der Waals surface area contributed by atoms with Gasteiger partial charge < -0.3 is 24.1 Å². The Labute approximate surface area is 160 Å². The number of methoxy groups -OCH3 is 3. The third kappa shape index (κ3) is 3.98. The number of aromatic nitrogens is 1. The zero-order chi connectivity index (χ0) is 19.4. The molecular formula is C19H17ClN2O5. The summed E-state index contributed by atoms with van der Waals surface area (Å²) in [5.41, 5.74) is 1.69. The van der Waals surface area contributed by atoms with Crippen molar-refractivity contribution in [1.29, 1.82) is 0 Å². The number of nitrogens with one attached hydrogen (secondary N) is 1. The van der Waals surface area contributed by atoms with E-state index in [2.05, 4.69) is 10.5 Å². The molecule has 0 radical (unpaired) electrons. The lowest BCUT2D eigenvalue weighted by atomic mass is 10.1. The Hall–Kier alpha value is -3.19. The van der Waals surface area contributed by atoms with E-state index in [0.717, 1.165) is 0 Å². The van der Waals surface area contributed by atoms with Crippen LogP contribution in [0.4, 0.5) is 11.6 Å². The van der Waals surface area contributed by atoms with Gasteiger partial charge in [0, 0.05) is 34.5 Å². The molecule has 1 N–H and O–H groups in total. The van der Waals surface area contributed by atoms with E-state index in [1.807, 2.05) is 0 Å². The van der Waals surface area contributed by atoms with Crippen LogP contribution in [-0.2, 0) is 4.74 Å². The molecule has 0 aliphatic rings. The highest BCUT2D eigenvalue weighted by Crippen LogP contribution is 2.34. The summed E-state index contributed by atoms with van der Waals surface area (Å²) in [6.45, 7) is 0. The van der Waals surface area contributed by atoms with Gasteiger partial charge in [-0.3, -0.25) is 0 Å². The van der Waals surface area contributed by atoms with Gasteiger partial charge >= 0.3 is 5.97 Å². The molecule has 2 aromatic carbocycles. The normalized spacial score (nSPS) is 10.4. The first-order valence-electron chi connectivity index (χ1n) is 7.89. The summed E-state index contributed by atoms with van der Waals surface area (Å²) in [5.74, 6) is 0.688. The van der Waals surface area contributed by atoms with Gasteiger partial charge in [-0.1, -0.05) is 28.9 Å². The number of carbonyl (C=O) groups excluding carboxylic acids is 1. The molecule has 7 nitrogen and oxygen atoms in total. The van der Waals surface area contributed by atoms with Crippen molar-refractivity contribution in [2.45, 2.75) is 0 Å². The Morgan fingerprint density at radius 2 is 1.78 bits per heavy atom. The minimum absolute atomic E-state index is 0.132. The summed E-state index contributed by atoms with van der Waals surface area (Å²) in [5, 5.41) is 7.55. The summed E-state index contributed by atoms with van der Waals surface area (Å²) in [4.78, 5) is 12.4. The summed E-state index contributed by atoms with van der Waals surface area (Å²) < 4.78 is 20.8. The molecule has 3 rings (SSSR count). The largest absolute Gasteiger partial charge is 0.497 e. The molecule has 0 fully saturated rings. The van der Waals surface area contributed by atoms with Crippen LogP contribution in [0.2, 0.25) is 5.02 Å². The highest BCUT2D eigenvalue weighted by molar-refractivity contribution is 6.30. The summed E-state index contributed by atoms with van der Waals surface area (Å²) in [6, 6.07) is 12.1. The molecule has 0 aliphatic carbocycles. The molecule has 0 saturated carbocycles. The van der Waals surface area contributed by atoms with Gasteiger partial charge in [-0.25, -0.2) is 4.79 Å². The van der Waals surface area contributed by atoms with Crippen LogP contribution in [-0.4, -0.2) is 32.5 Å². The van der Waals surface area contributed by atoms with Crippen molar-refractivity contribution in [3.63, 3.8) is 0 Å². The minimum Gasteiger partial charge on any atom is -0.497 e. The predicted molar refractivity (Wildman–Crippen MR) is 101 cm³/mol. The Morgan fingerprint density at radius 1 is 1.07 bits per heavy atom. The number of carbonyl (C=O) groups is 1. The van der Waals surface area contributed by atoms with Crippen molar-refractivity contribution >= 4 is 29.1 Å². The number of ether oxygens (including phenoxy) is 3. The lowest BCUT2D eigenvalue weighted by molar-refractivity contribution is 0.0602. The van der Waals surface area contributed by atoms with Gasteiger partial charge in [-0.05, 0) is 12.1 Å². The zero-order valence-corrected chi connectivity index (χ0v) is 15.7. The maximum Gasteiger partial charge on any atom is 0.345 e. The molecule has 0 saturated heterocycles. The molecule has 140 valence electrons. The van der Waals surface area contributed by atoms with Gasteiger partial charge in [0.25, 0.3) is 0 Å². The molecule has 0 spiro atoms. The molecule has 0 amide bonds. The number of hydrogen-bond donors (Lipinski definition) is 1. The average Bonchev–Trinajstić information content (AvgIpc) is 3.10. The van der Waals surface area contributed by atoms with E-state index < -0.39 is 5.97 Å². The van der Waals surface area contributed by atoms with Crippen LogP contribution < -0.4 is 14.8 Å². The fraction of sp³-hybridized carbons (Fsp3) is 0.158. The fourth-order valence-corrected chi connectivity index (χ4v) is 2.70. The maximum atomic E-state index is 12.4. The zero-order valence-electron chi connectivity index (χ0n) is 14.9. The van der Waals surface area contributed by atoms with Gasteiger partial charge in [0.2, 0.25) is 5.88 Å². The molecule has 27 heavy (non-hydrogen) atoms. The molecule has 0 aliphatic heterocycles. The smallest absolute Gasteiger partial charge is 0.345 e. The highest BCUT2D eigenvalue weighted by atomic mass is 35.5. The van der Waals surface area contributed by atoms with Gasteiger partial charge in [0.1, 0.15) is 17.2 Å². The first-order valence-corrected chi connectivity index (χ1v) is 8.27. The fourth-order valence-electron chi connectivity index (χ4n) is 2.51. The van der Waals surface area contributed by atoms with E-state index in [0.29, 0.717) is 33.5 Å². The predicted octanol–water partition coefficient (Wildman–Crippen LogP) is 4.54. The maximum absolute atomic E-state index is 12.4. The number of rotatable bonds is 6. The standard InChI is InChI=1S/C19H17ClN2O5/c1-24-14-8-13(9-15(10-14)25-2)21-18-16(19(23)26-3)17(22-27-18)11-5-4-6-12(20)7-11/h4-10,21H,1-3H3. The van der Waals surface area contributed by atoms with E-state index in [-0.39, 0.29) is 11.4 Å². The van der Waals surface area contributed by atoms with Crippen LogP contribution in [0.1, 0.15) is 10.4 Å². The monoisotopic (exact) mass is 388 g/mol. The third-order valence-electron chi connectivity index (χ3n) is 3.79. The molecule has 0 bridgehead atoms. The second kappa shape index (κ2) is 8.01. The van der Waals surface area contributed by atoms with Crippen molar-refractivity contribution in [3.05, 3.63) is 53.1 Å². The number of nitrogens with zero attached hydrogens (tertiary/aromatic N) is 1. The van der Waals surface area contributed by atoms with Crippen LogP contribution in [0.15, 0.2) is 47.0 Å². The van der Waals surface area contributed by atoms with Gasteiger partial charge in [0.05, 0.1) is 21.3 Å². The quantitative estimate of drug-likeness (QED) is 0.620. The Bertz CT molecular complexity index is 948. The molecule has 1 heterocycles. The molecule has 0 unspecified atom stereocenters. The summed E-state index contributed by atoms with van der Waals surface area (Å²) in [7, 11) is 4.38. The molecule has 1 aromatic heterocycles. The number of hydrogen-bond acceptors (Lipinski definition) is 7. The van der Waals surface area contributed by atoms with E-state index in [1.54, 1.807) is 56.7 Å². The first-order chi connectivity index (χ1) is 13.0. The molecule has 8 heteroatoms. The van der Waals surface area contributed by atoms with E-state index in [1.165, 1.54) is 7.11 Å². The van der Waals surface area contributed by atoms with Crippen LogP contribution in [0, 0.1) is 0 Å². The van der Waals surface area contributed by atoms with Gasteiger partial charge in [0.15, 0.2) is 5.56 Å². The summed E-state index contributed by atoms with van der Waals surface area (Å²) in [6.07, 6.45) is 0. The van der Waals surface area contributed by atoms with Crippen LogP contribution in [0.25, 0.3) is 11.3 Å². The average molecular weight is 389 g/mol. The van der Waals surface area contributed by atoms with Crippen molar-refractivity contribution in [2.24, 2.45) is 0 Å². The summed E-state index contributed by atoms with van der Waals surface area (Å²) >= 11 is 6.05. The van der Waals surface area contributed by atoms with Crippen LogP contribution >= 0.6 is 11.6 Å². The SMILES string of the molecule is COC(=O)c1c(-c2cccc(Cl)c2)noc1Nc1cc(OC)cc(OC)c1. The van der Waals surface area contributed by atoms with E-state index in [9.17, 15) is 4.79 Å². The number of esters is 1. The van der Waals surface area contributed by atoms with E-state index >= 15 is 0 Å². The number of halogens is 1. The Kier molecular flexibility index (Phi) is 5.52. The first kappa shape index (κ1) is 18.6. The van der Waals surface area contributed by atoms with Crippen molar-refractivity contribution < 1.29 is 23.5 Å². The second-order valence-electron chi connectivity index (χ2n) is 5.46. The Morgan fingerprint density at radius 3 is 2.37 bits per heavy atom. The van der Waals surface area contributed by atoms with Crippen LogP contribution in [0.5, 0.6) is 11.5 Å². The van der Waals surface area contributed by atoms with Crippen LogP contribution in [0.3, 0.4) is 0 Å². The Balaban J connectivity index is 2.05. The number of anilines is 2. The van der Waals surface area contributed by atoms with Crippen molar-refractivity contribution in [2.75, 3.05) is 26.6 Å². The van der Waals surface area contributed by atoms with Crippen molar-refractivity contribution in [1.82, 2.24) is 5.16 Å². The van der Waals surface area contributed by atoms with Gasteiger partial charge in [-0.15, -0.1) is 0 Å². The topological polar surface area (TPSA) is 82.8 Å². The second-order valence-corrected chi connectivity index (χ2v) is 5.90. The lowest BCUT2D eigenvalue weighted by Gasteiger charge is -2.09. The third-order valence-corrected chi connectivity index (χ3v) is 4.02. The number of benzene rings is 2. The molecule has 3 aromatic rings. The highest BCUT2D eigenvalue weighted by Gasteiger charge is 2.25. The minimum atomic E-state index is -0.594. The van der Waals surface area contributed by atoms with Crippen molar-refractivity contribution in [3.8, 4) is 22.8 Å². The molecular weight excluding hydrogens is 372 g/mol. The lowest BCUT2D eigenvalue weighted by Crippen LogP contribution is -2.05.